The largest absolute Gasteiger partial charge is 0.446 e. The summed E-state index contributed by atoms with van der Waals surface area (Å²) in [6.45, 7) is 1.17. The lowest BCUT2D eigenvalue weighted by Crippen LogP contribution is -2.34. The molecule has 6 nitrogen and oxygen atoms in total. The molecule has 1 atom stereocenters. The number of thiophene rings is 2. The van der Waals surface area contributed by atoms with Crippen LogP contribution in [0.1, 0.15) is 28.0 Å². The van der Waals surface area contributed by atoms with E-state index in [4.69, 9.17) is 4.74 Å². The molecule has 1 aliphatic heterocycles. The van der Waals surface area contributed by atoms with Crippen molar-refractivity contribution < 1.29 is 14.3 Å². The lowest BCUT2D eigenvalue weighted by molar-refractivity contribution is -0.111. The van der Waals surface area contributed by atoms with Crippen LogP contribution >= 0.6 is 22.7 Å². The van der Waals surface area contributed by atoms with Crippen LogP contribution in [-0.2, 0) is 22.4 Å². The van der Waals surface area contributed by atoms with Gasteiger partial charge in [-0.3, -0.25) is 4.79 Å². The van der Waals surface area contributed by atoms with Crippen LogP contribution in [0.3, 0.4) is 0 Å². The summed E-state index contributed by atoms with van der Waals surface area (Å²) in [5.41, 5.74) is 2.45. The molecule has 0 spiro atoms. The zero-order valence-electron chi connectivity index (χ0n) is 15.6. The van der Waals surface area contributed by atoms with Gasteiger partial charge in [0.05, 0.1) is 5.56 Å². The van der Waals surface area contributed by atoms with E-state index in [1.165, 1.54) is 17.4 Å². The Hall–Kier alpha value is -2.89. The highest BCUT2D eigenvalue weighted by Crippen LogP contribution is 2.38. The van der Waals surface area contributed by atoms with Crippen molar-refractivity contribution in [2.45, 2.75) is 25.4 Å². The molecule has 0 saturated heterocycles. The number of amides is 2. The van der Waals surface area contributed by atoms with E-state index in [0.717, 1.165) is 16.0 Å². The van der Waals surface area contributed by atoms with Gasteiger partial charge in [0.2, 0.25) is 5.91 Å². The fourth-order valence-corrected chi connectivity index (χ4v) is 5.30. The quantitative estimate of drug-likeness (QED) is 0.588. The molecule has 2 aromatic rings. The Morgan fingerprint density at radius 2 is 2.17 bits per heavy atom. The van der Waals surface area contributed by atoms with E-state index in [2.05, 4.69) is 11.4 Å². The van der Waals surface area contributed by atoms with E-state index in [1.54, 1.807) is 22.3 Å². The molecule has 0 saturated carbocycles. The van der Waals surface area contributed by atoms with Gasteiger partial charge in [-0.25, -0.2) is 4.79 Å². The van der Waals surface area contributed by atoms with Crippen LogP contribution < -0.4 is 5.32 Å². The van der Waals surface area contributed by atoms with Crippen molar-refractivity contribution in [3.8, 4) is 6.07 Å². The zero-order chi connectivity index (χ0) is 20.2. The second-order valence-electron chi connectivity index (χ2n) is 6.82. The maximum Gasteiger partial charge on any atom is 0.410 e. The highest BCUT2D eigenvalue weighted by Gasteiger charge is 2.29. The molecule has 2 amide bonds. The van der Waals surface area contributed by atoms with E-state index >= 15 is 0 Å². The minimum Gasteiger partial charge on any atom is -0.446 e. The molecule has 0 fully saturated rings. The summed E-state index contributed by atoms with van der Waals surface area (Å²) in [6.07, 6.45) is 8.51. The van der Waals surface area contributed by atoms with Crippen LogP contribution in [0, 0.1) is 11.3 Å². The van der Waals surface area contributed by atoms with Crippen molar-refractivity contribution >= 4 is 45.8 Å². The van der Waals surface area contributed by atoms with E-state index in [9.17, 15) is 14.9 Å². The number of fused-ring (bicyclic) bond motifs is 1. The monoisotopic (exact) mass is 425 g/mol. The SMILES string of the molecule is N#Cc1c(NC(=O)/C=C/c2ccsc2)sc2c1CCC(OC(=O)N1CC=CC1)C2. The Bertz CT molecular complexity index is 1010. The predicted molar refractivity (Wildman–Crippen MR) is 114 cm³/mol. The second kappa shape index (κ2) is 8.64. The average molecular weight is 426 g/mol. The molecule has 8 heteroatoms. The number of carbonyl (C=O) groups excluding carboxylic acids is 2. The van der Waals surface area contributed by atoms with Crippen LogP contribution in [0.25, 0.3) is 6.08 Å². The fourth-order valence-electron chi connectivity index (χ4n) is 3.40. The van der Waals surface area contributed by atoms with E-state index in [-0.39, 0.29) is 18.1 Å². The number of hydrogen-bond acceptors (Lipinski definition) is 6. The molecular weight excluding hydrogens is 406 g/mol. The number of nitrogens with zero attached hydrogens (tertiary/aromatic N) is 2. The summed E-state index contributed by atoms with van der Waals surface area (Å²) >= 11 is 2.96. The van der Waals surface area contributed by atoms with Gasteiger partial charge in [0.25, 0.3) is 0 Å². The Balaban J connectivity index is 1.42. The molecule has 1 unspecified atom stereocenters. The molecule has 4 rings (SSSR count). The van der Waals surface area contributed by atoms with Crippen molar-refractivity contribution in [3.05, 3.63) is 56.6 Å². The zero-order valence-corrected chi connectivity index (χ0v) is 17.2. The molecule has 0 radical (unpaired) electrons. The lowest BCUT2D eigenvalue weighted by atomic mass is 9.94. The summed E-state index contributed by atoms with van der Waals surface area (Å²) in [7, 11) is 0. The molecule has 148 valence electrons. The number of anilines is 1. The number of carbonyl (C=O) groups is 2. The molecule has 0 aromatic carbocycles. The van der Waals surface area contributed by atoms with Gasteiger partial charge in [0.15, 0.2) is 0 Å². The summed E-state index contributed by atoms with van der Waals surface area (Å²) < 4.78 is 5.65. The summed E-state index contributed by atoms with van der Waals surface area (Å²) in [5, 5.41) is 16.9. The Labute approximate surface area is 176 Å². The minimum absolute atomic E-state index is 0.206. The van der Waals surface area contributed by atoms with Crippen LogP contribution in [0.4, 0.5) is 9.80 Å². The van der Waals surface area contributed by atoms with Gasteiger partial charge >= 0.3 is 6.09 Å². The minimum atomic E-state index is -0.299. The Kier molecular flexibility index (Phi) is 5.79. The Morgan fingerprint density at radius 3 is 2.90 bits per heavy atom. The van der Waals surface area contributed by atoms with Crippen LogP contribution in [0.15, 0.2) is 35.1 Å². The van der Waals surface area contributed by atoms with E-state index in [0.29, 0.717) is 42.9 Å². The summed E-state index contributed by atoms with van der Waals surface area (Å²) in [6, 6.07) is 4.16. The number of rotatable bonds is 4. The predicted octanol–water partition coefficient (Wildman–Crippen LogP) is 4.20. The Morgan fingerprint density at radius 1 is 1.34 bits per heavy atom. The number of nitriles is 1. The molecule has 1 aliphatic carbocycles. The maximum absolute atomic E-state index is 12.3. The fraction of sp³-hybridized carbons (Fsp3) is 0.286. The first-order valence-corrected chi connectivity index (χ1v) is 11.1. The maximum atomic E-state index is 12.3. The first kappa shape index (κ1) is 19.4. The molecule has 0 bridgehead atoms. The van der Waals surface area contributed by atoms with E-state index < -0.39 is 0 Å². The third-order valence-corrected chi connectivity index (χ3v) is 6.75. The van der Waals surface area contributed by atoms with Crippen molar-refractivity contribution in [2.75, 3.05) is 18.4 Å². The topological polar surface area (TPSA) is 82.4 Å². The summed E-state index contributed by atoms with van der Waals surface area (Å²) in [5.74, 6) is -0.268. The van der Waals surface area contributed by atoms with E-state index in [1.807, 2.05) is 29.0 Å². The van der Waals surface area contributed by atoms with Crippen molar-refractivity contribution in [2.24, 2.45) is 0 Å². The third-order valence-electron chi connectivity index (χ3n) is 4.88. The van der Waals surface area contributed by atoms with Gasteiger partial charge in [-0.05, 0) is 46.9 Å². The van der Waals surface area contributed by atoms with Crippen molar-refractivity contribution in [1.82, 2.24) is 4.90 Å². The van der Waals surface area contributed by atoms with Gasteiger partial charge in [0.1, 0.15) is 17.2 Å². The van der Waals surface area contributed by atoms with Gasteiger partial charge < -0.3 is 15.0 Å². The highest BCUT2D eigenvalue weighted by molar-refractivity contribution is 7.16. The number of nitrogens with one attached hydrogen (secondary N) is 1. The lowest BCUT2D eigenvalue weighted by Gasteiger charge is -2.25. The van der Waals surface area contributed by atoms with Gasteiger partial charge in [-0.1, -0.05) is 12.2 Å². The van der Waals surface area contributed by atoms with Gasteiger partial charge in [0, 0.05) is 30.5 Å². The van der Waals surface area contributed by atoms with Gasteiger partial charge in [-0.15, -0.1) is 11.3 Å². The number of hydrogen-bond donors (Lipinski definition) is 1. The standard InChI is InChI=1S/C21H19N3O3S2/c22-12-17-16-5-4-15(27-21(26)24-8-1-2-9-24)11-18(16)29-20(17)23-19(25)6-3-14-7-10-28-13-14/h1-3,6-7,10,13,15H,4-5,8-9,11H2,(H,23,25)/b6-3+. The average Bonchev–Trinajstić information content (AvgIpc) is 3.46. The van der Waals surface area contributed by atoms with Crippen LogP contribution in [0.5, 0.6) is 0 Å². The molecule has 29 heavy (non-hydrogen) atoms. The smallest absolute Gasteiger partial charge is 0.410 e. The highest BCUT2D eigenvalue weighted by atomic mass is 32.1. The summed E-state index contributed by atoms with van der Waals surface area (Å²) in [4.78, 5) is 27.1. The molecular formula is C21H19N3O3S2. The molecule has 2 aromatic heterocycles. The molecule has 1 N–H and O–H groups in total. The van der Waals surface area contributed by atoms with Crippen molar-refractivity contribution in [1.29, 1.82) is 5.26 Å². The first-order valence-electron chi connectivity index (χ1n) is 9.30. The van der Waals surface area contributed by atoms with Gasteiger partial charge in [-0.2, -0.15) is 16.6 Å². The van der Waals surface area contributed by atoms with Crippen LogP contribution in [0.2, 0.25) is 0 Å². The molecule has 2 aliphatic rings. The third kappa shape index (κ3) is 4.42. The molecule has 3 heterocycles. The van der Waals surface area contributed by atoms with Crippen molar-refractivity contribution in [3.63, 3.8) is 0 Å². The normalized spacial score (nSPS) is 17.9. The number of ether oxygens (including phenoxy) is 1. The van der Waals surface area contributed by atoms with Crippen LogP contribution in [-0.4, -0.2) is 36.1 Å². The second-order valence-corrected chi connectivity index (χ2v) is 8.71. The first-order chi connectivity index (χ1) is 14.1.